The van der Waals surface area contributed by atoms with Crippen molar-refractivity contribution in [3.63, 3.8) is 0 Å². The van der Waals surface area contributed by atoms with E-state index in [-0.39, 0.29) is 30.8 Å². The summed E-state index contributed by atoms with van der Waals surface area (Å²) in [5.74, 6) is 0.145. The van der Waals surface area contributed by atoms with Gasteiger partial charge in [-0.15, -0.1) is 0 Å². The van der Waals surface area contributed by atoms with Crippen LogP contribution in [0.2, 0.25) is 0 Å². The van der Waals surface area contributed by atoms with Gasteiger partial charge in [0.25, 0.3) is 0 Å². The lowest BCUT2D eigenvalue weighted by molar-refractivity contribution is -0.173. The van der Waals surface area contributed by atoms with Crippen molar-refractivity contribution in [2.75, 3.05) is 32.8 Å². The predicted octanol–water partition coefficient (Wildman–Crippen LogP) is 3.79. The van der Waals surface area contributed by atoms with E-state index in [9.17, 15) is 9.90 Å². The minimum absolute atomic E-state index is 0.0329. The van der Waals surface area contributed by atoms with E-state index in [1.165, 1.54) is 0 Å². The first kappa shape index (κ1) is 21.7. The van der Waals surface area contributed by atoms with Gasteiger partial charge >= 0.3 is 0 Å². The lowest BCUT2D eigenvalue weighted by Gasteiger charge is -2.48. The number of hydrogen-bond acceptors (Lipinski definition) is 5. The Morgan fingerprint density at radius 3 is 2.56 bits per heavy atom. The van der Waals surface area contributed by atoms with Crippen LogP contribution in [0.5, 0.6) is 0 Å². The minimum atomic E-state index is -0.221. The zero-order chi connectivity index (χ0) is 23.1. The van der Waals surface area contributed by atoms with Crippen molar-refractivity contribution in [2.24, 2.45) is 0 Å². The first-order valence-electron chi connectivity index (χ1n) is 12.4. The van der Waals surface area contributed by atoms with Gasteiger partial charge in [-0.05, 0) is 54.5 Å². The predicted molar refractivity (Wildman–Crippen MR) is 131 cm³/mol. The van der Waals surface area contributed by atoms with Crippen LogP contribution in [0.3, 0.4) is 0 Å². The van der Waals surface area contributed by atoms with E-state index in [1.54, 1.807) is 0 Å². The highest BCUT2D eigenvalue weighted by Crippen LogP contribution is 2.38. The Balaban J connectivity index is 1.14. The molecule has 1 atom stereocenters. The van der Waals surface area contributed by atoms with Gasteiger partial charge in [-0.3, -0.25) is 14.7 Å². The molecule has 1 spiro atoms. The van der Waals surface area contributed by atoms with Crippen LogP contribution in [0.1, 0.15) is 37.3 Å². The van der Waals surface area contributed by atoms with Gasteiger partial charge in [0.15, 0.2) is 0 Å². The van der Waals surface area contributed by atoms with Gasteiger partial charge in [0.2, 0.25) is 5.91 Å². The topological polar surface area (TPSA) is 65.9 Å². The molecule has 176 valence electrons. The number of likely N-dealkylation sites (tertiary alicyclic amines) is 1. The zero-order valence-corrected chi connectivity index (χ0v) is 19.4. The van der Waals surface area contributed by atoms with Crippen LogP contribution in [-0.2, 0) is 9.53 Å². The Morgan fingerprint density at radius 2 is 1.82 bits per heavy atom. The number of hydrogen-bond donors (Lipinski definition) is 1. The standard InChI is InChI=1S/C28H31N3O3/c32-17-26(30-14-11-28(12-15-30)19-31(24-9-10-24)27(33)18-34-28)22-6-3-20(4-7-22)23-8-5-21-2-1-13-29-25(21)16-23/h1-8,13,16,24,26,32H,9-12,14-15,17-19H2. The second-order valence-electron chi connectivity index (χ2n) is 9.99. The monoisotopic (exact) mass is 457 g/mol. The summed E-state index contributed by atoms with van der Waals surface area (Å²) in [5.41, 5.74) is 4.18. The maximum Gasteiger partial charge on any atom is 0.248 e. The van der Waals surface area contributed by atoms with Gasteiger partial charge in [0.05, 0.1) is 30.3 Å². The maximum absolute atomic E-state index is 12.3. The summed E-state index contributed by atoms with van der Waals surface area (Å²) in [6.07, 6.45) is 5.87. The number of ether oxygens (including phenoxy) is 1. The molecule has 1 amide bonds. The van der Waals surface area contributed by atoms with Crippen molar-refractivity contribution in [1.82, 2.24) is 14.8 Å². The smallest absolute Gasteiger partial charge is 0.248 e. The zero-order valence-electron chi connectivity index (χ0n) is 19.4. The number of rotatable bonds is 5. The lowest BCUT2D eigenvalue weighted by Crippen LogP contribution is -2.59. The molecule has 1 aliphatic carbocycles. The molecular formula is C28H31N3O3. The summed E-state index contributed by atoms with van der Waals surface area (Å²) in [5, 5.41) is 11.4. The highest BCUT2D eigenvalue weighted by atomic mass is 16.5. The van der Waals surface area contributed by atoms with Gasteiger partial charge < -0.3 is 14.7 Å². The molecular weight excluding hydrogens is 426 g/mol. The molecule has 3 fully saturated rings. The quantitative estimate of drug-likeness (QED) is 0.632. The number of pyridine rings is 1. The second-order valence-corrected chi connectivity index (χ2v) is 9.99. The van der Waals surface area contributed by atoms with Crippen molar-refractivity contribution in [1.29, 1.82) is 0 Å². The molecule has 6 rings (SSSR count). The van der Waals surface area contributed by atoms with Crippen LogP contribution >= 0.6 is 0 Å². The molecule has 3 aromatic rings. The normalized spacial score (nSPS) is 21.8. The minimum Gasteiger partial charge on any atom is -0.394 e. The molecule has 1 aromatic heterocycles. The Labute approximate surface area is 200 Å². The number of aromatic nitrogens is 1. The molecule has 0 radical (unpaired) electrons. The number of nitrogens with zero attached hydrogens (tertiary/aromatic N) is 3. The molecule has 1 saturated carbocycles. The Morgan fingerprint density at radius 1 is 1.06 bits per heavy atom. The number of aliphatic hydroxyl groups is 1. The van der Waals surface area contributed by atoms with E-state index in [0.717, 1.165) is 72.9 Å². The van der Waals surface area contributed by atoms with Crippen LogP contribution in [0.15, 0.2) is 60.8 Å². The number of piperidine rings is 1. The molecule has 2 saturated heterocycles. The van der Waals surface area contributed by atoms with Crippen molar-refractivity contribution < 1.29 is 14.6 Å². The number of aliphatic hydroxyl groups excluding tert-OH is 1. The SMILES string of the molecule is O=C1COC2(CCN(C(CO)c3ccc(-c4ccc5cccnc5c4)cc3)CC2)CN1C1CC1. The van der Waals surface area contributed by atoms with E-state index < -0.39 is 0 Å². The van der Waals surface area contributed by atoms with E-state index >= 15 is 0 Å². The van der Waals surface area contributed by atoms with Crippen molar-refractivity contribution >= 4 is 16.8 Å². The van der Waals surface area contributed by atoms with Crippen LogP contribution in [0, 0.1) is 0 Å². The fraction of sp³-hybridized carbons (Fsp3) is 0.429. The molecule has 1 N–H and O–H groups in total. The molecule has 3 heterocycles. The number of carbonyl (C=O) groups is 1. The van der Waals surface area contributed by atoms with Crippen LogP contribution in [0.4, 0.5) is 0 Å². The molecule has 0 bridgehead atoms. The molecule has 2 aliphatic heterocycles. The van der Waals surface area contributed by atoms with Gasteiger partial charge in [0.1, 0.15) is 6.61 Å². The van der Waals surface area contributed by atoms with Gasteiger partial charge in [-0.2, -0.15) is 0 Å². The first-order valence-corrected chi connectivity index (χ1v) is 12.4. The molecule has 3 aliphatic rings. The van der Waals surface area contributed by atoms with Crippen molar-refractivity contribution in [2.45, 2.75) is 43.4 Å². The highest BCUT2D eigenvalue weighted by Gasteiger charge is 2.46. The molecule has 6 nitrogen and oxygen atoms in total. The number of amides is 1. The summed E-state index contributed by atoms with van der Waals surface area (Å²) in [6.45, 7) is 2.74. The summed E-state index contributed by atoms with van der Waals surface area (Å²) in [6, 6.07) is 19.3. The van der Waals surface area contributed by atoms with E-state index in [2.05, 4.69) is 63.3 Å². The van der Waals surface area contributed by atoms with Gasteiger partial charge in [0, 0.05) is 30.7 Å². The molecule has 6 heteroatoms. The first-order chi connectivity index (χ1) is 16.6. The highest BCUT2D eigenvalue weighted by molar-refractivity contribution is 5.84. The van der Waals surface area contributed by atoms with Crippen LogP contribution in [0.25, 0.3) is 22.0 Å². The van der Waals surface area contributed by atoms with Crippen LogP contribution in [-0.4, -0.2) is 70.3 Å². The fourth-order valence-electron chi connectivity index (χ4n) is 5.58. The van der Waals surface area contributed by atoms with E-state index in [4.69, 9.17) is 4.74 Å². The lowest BCUT2D eigenvalue weighted by atomic mass is 9.87. The maximum atomic E-state index is 12.3. The number of benzene rings is 2. The number of fused-ring (bicyclic) bond motifs is 1. The third-order valence-corrected chi connectivity index (χ3v) is 7.83. The van der Waals surface area contributed by atoms with E-state index in [1.807, 2.05) is 12.3 Å². The number of morpholine rings is 1. The number of carbonyl (C=O) groups excluding carboxylic acids is 1. The van der Waals surface area contributed by atoms with E-state index in [0.29, 0.717) is 6.04 Å². The van der Waals surface area contributed by atoms with Gasteiger partial charge in [-0.25, -0.2) is 0 Å². The molecule has 2 aromatic carbocycles. The average molecular weight is 458 g/mol. The van der Waals surface area contributed by atoms with Gasteiger partial charge in [-0.1, -0.05) is 42.5 Å². The fourth-order valence-corrected chi connectivity index (χ4v) is 5.58. The Bertz CT molecular complexity index is 1180. The summed E-state index contributed by atoms with van der Waals surface area (Å²) in [7, 11) is 0. The van der Waals surface area contributed by atoms with Crippen molar-refractivity contribution in [3.8, 4) is 11.1 Å². The van der Waals surface area contributed by atoms with Crippen LogP contribution < -0.4 is 0 Å². The largest absolute Gasteiger partial charge is 0.394 e. The molecule has 34 heavy (non-hydrogen) atoms. The molecule has 1 unspecified atom stereocenters. The third-order valence-electron chi connectivity index (χ3n) is 7.83. The summed E-state index contributed by atoms with van der Waals surface area (Å²) >= 11 is 0. The third kappa shape index (κ3) is 4.11. The Hall–Kier alpha value is -2.80. The summed E-state index contributed by atoms with van der Waals surface area (Å²) in [4.78, 5) is 21.1. The Kier molecular flexibility index (Phi) is 5.60. The summed E-state index contributed by atoms with van der Waals surface area (Å²) < 4.78 is 6.10. The second kappa shape index (κ2) is 8.77. The average Bonchev–Trinajstić information content (AvgIpc) is 3.73. The van der Waals surface area contributed by atoms with Crippen molar-refractivity contribution in [3.05, 3.63) is 66.4 Å².